The number of carbonyl (C=O) groups excluding carboxylic acids is 2. The minimum absolute atomic E-state index is 0.132. The molecule has 1 rings (SSSR count). The summed E-state index contributed by atoms with van der Waals surface area (Å²) in [5.74, 6) is 0.119. The maximum Gasteiger partial charge on any atom is 0.309 e. The molecule has 0 heterocycles. The fourth-order valence-electron chi connectivity index (χ4n) is 3.13. The maximum absolute atomic E-state index is 12.2. The van der Waals surface area contributed by atoms with Crippen molar-refractivity contribution in [2.24, 2.45) is 17.8 Å². The van der Waals surface area contributed by atoms with Crippen LogP contribution in [0.3, 0.4) is 0 Å². The van der Waals surface area contributed by atoms with Crippen molar-refractivity contribution < 1.29 is 19.1 Å². The Labute approximate surface area is 147 Å². The van der Waals surface area contributed by atoms with E-state index in [2.05, 4.69) is 13.8 Å². The minimum Gasteiger partial charge on any atom is -0.465 e. The van der Waals surface area contributed by atoms with Crippen molar-refractivity contribution in [1.82, 2.24) is 0 Å². The van der Waals surface area contributed by atoms with Gasteiger partial charge in [-0.25, -0.2) is 0 Å². The first-order valence-corrected chi connectivity index (χ1v) is 9.58. The van der Waals surface area contributed by atoms with Crippen LogP contribution in [0.5, 0.6) is 0 Å². The summed E-state index contributed by atoms with van der Waals surface area (Å²) in [5.41, 5.74) is -0.472. The normalized spacial score (nSPS) is 21.6. The molecule has 0 radical (unpaired) electrons. The molecule has 0 spiro atoms. The molecule has 0 saturated heterocycles. The van der Waals surface area contributed by atoms with Gasteiger partial charge in [-0.1, -0.05) is 39.5 Å². The number of hydrogen-bond acceptors (Lipinski definition) is 4. The molecule has 24 heavy (non-hydrogen) atoms. The number of esters is 2. The fourth-order valence-corrected chi connectivity index (χ4v) is 3.13. The van der Waals surface area contributed by atoms with Gasteiger partial charge in [0.05, 0.1) is 18.4 Å². The van der Waals surface area contributed by atoms with Crippen molar-refractivity contribution >= 4 is 11.9 Å². The molecule has 0 aromatic carbocycles. The van der Waals surface area contributed by atoms with Crippen LogP contribution in [0.25, 0.3) is 0 Å². The molecule has 0 aromatic rings. The Hall–Kier alpha value is -1.06. The number of rotatable bonds is 8. The first-order valence-electron chi connectivity index (χ1n) is 9.58. The summed E-state index contributed by atoms with van der Waals surface area (Å²) in [7, 11) is 0. The molecule has 140 valence electrons. The quantitative estimate of drug-likeness (QED) is 0.466. The average molecular weight is 341 g/mol. The van der Waals surface area contributed by atoms with Crippen molar-refractivity contribution in [3.05, 3.63) is 0 Å². The third-order valence-corrected chi connectivity index (χ3v) is 4.42. The Morgan fingerprint density at radius 2 is 1.62 bits per heavy atom. The second-order valence-electron chi connectivity index (χ2n) is 8.50. The van der Waals surface area contributed by atoms with Crippen LogP contribution in [-0.2, 0) is 19.1 Å². The molecule has 1 aliphatic rings. The number of unbranched alkanes of at least 4 members (excludes halogenated alkanes) is 2. The third-order valence-electron chi connectivity index (χ3n) is 4.42. The van der Waals surface area contributed by atoms with Crippen molar-refractivity contribution in [2.45, 2.75) is 91.6 Å². The smallest absolute Gasteiger partial charge is 0.309 e. The molecular weight excluding hydrogens is 304 g/mol. The van der Waals surface area contributed by atoms with E-state index in [0.29, 0.717) is 13.0 Å². The summed E-state index contributed by atoms with van der Waals surface area (Å²) in [4.78, 5) is 24.4. The van der Waals surface area contributed by atoms with E-state index in [-0.39, 0.29) is 23.8 Å². The zero-order valence-corrected chi connectivity index (χ0v) is 16.2. The molecule has 0 bridgehead atoms. The zero-order valence-electron chi connectivity index (χ0n) is 16.2. The summed E-state index contributed by atoms with van der Waals surface area (Å²) in [6, 6.07) is 0. The highest BCUT2D eigenvalue weighted by atomic mass is 16.6. The second-order valence-corrected chi connectivity index (χ2v) is 8.50. The molecule has 0 aliphatic heterocycles. The summed E-state index contributed by atoms with van der Waals surface area (Å²) in [6.07, 6.45) is 7.56. The first-order chi connectivity index (χ1) is 11.2. The van der Waals surface area contributed by atoms with Gasteiger partial charge in [0.25, 0.3) is 0 Å². The number of carbonyl (C=O) groups is 2. The van der Waals surface area contributed by atoms with E-state index in [1.165, 1.54) is 12.8 Å². The molecule has 2 unspecified atom stereocenters. The Morgan fingerprint density at radius 3 is 2.21 bits per heavy atom. The standard InChI is InChI=1S/C20H36O4/c1-15(2)10-7-6-8-13-23-18(21)16-11-9-12-17(14-16)19(22)24-20(3,4)5/h15-17H,6-14H2,1-5H3. The minimum atomic E-state index is -0.472. The highest BCUT2D eigenvalue weighted by molar-refractivity contribution is 5.76. The molecule has 0 N–H and O–H groups in total. The van der Waals surface area contributed by atoms with Gasteiger partial charge in [0, 0.05) is 0 Å². The Morgan fingerprint density at radius 1 is 1.00 bits per heavy atom. The Bertz CT molecular complexity index is 395. The van der Waals surface area contributed by atoms with Crippen LogP contribution in [0.1, 0.15) is 86.0 Å². The van der Waals surface area contributed by atoms with E-state index in [4.69, 9.17) is 9.47 Å². The van der Waals surface area contributed by atoms with Gasteiger partial charge < -0.3 is 9.47 Å². The lowest BCUT2D eigenvalue weighted by Crippen LogP contribution is -2.33. The highest BCUT2D eigenvalue weighted by Gasteiger charge is 2.34. The van der Waals surface area contributed by atoms with Crippen LogP contribution in [-0.4, -0.2) is 24.1 Å². The van der Waals surface area contributed by atoms with Gasteiger partial charge in [-0.3, -0.25) is 9.59 Å². The molecule has 4 heteroatoms. The largest absolute Gasteiger partial charge is 0.465 e. The molecule has 2 atom stereocenters. The van der Waals surface area contributed by atoms with E-state index in [9.17, 15) is 9.59 Å². The van der Waals surface area contributed by atoms with Crippen LogP contribution in [0.4, 0.5) is 0 Å². The first kappa shape index (κ1) is 21.0. The second kappa shape index (κ2) is 10.0. The van der Waals surface area contributed by atoms with Crippen LogP contribution in [0.15, 0.2) is 0 Å². The van der Waals surface area contributed by atoms with E-state index >= 15 is 0 Å². The molecule has 0 amide bonds. The molecule has 1 fully saturated rings. The average Bonchev–Trinajstić information content (AvgIpc) is 2.48. The van der Waals surface area contributed by atoms with Gasteiger partial charge >= 0.3 is 11.9 Å². The maximum atomic E-state index is 12.2. The summed E-state index contributed by atoms with van der Waals surface area (Å²) >= 11 is 0. The van der Waals surface area contributed by atoms with Crippen LogP contribution in [0.2, 0.25) is 0 Å². The topological polar surface area (TPSA) is 52.6 Å². The Kier molecular flexibility index (Phi) is 8.79. The van der Waals surface area contributed by atoms with Gasteiger partial charge in [0.2, 0.25) is 0 Å². The zero-order chi connectivity index (χ0) is 18.2. The van der Waals surface area contributed by atoms with E-state index < -0.39 is 5.60 Å². The predicted molar refractivity (Wildman–Crippen MR) is 95.6 cm³/mol. The van der Waals surface area contributed by atoms with E-state index in [1.54, 1.807) is 0 Å². The van der Waals surface area contributed by atoms with Crippen molar-refractivity contribution in [3.8, 4) is 0 Å². The van der Waals surface area contributed by atoms with E-state index in [1.807, 2.05) is 20.8 Å². The SMILES string of the molecule is CC(C)CCCCCOC(=O)C1CCCC(C(=O)OC(C)(C)C)C1. The van der Waals surface area contributed by atoms with Gasteiger partial charge in [0.15, 0.2) is 0 Å². The van der Waals surface area contributed by atoms with Gasteiger partial charge in [-0.05, 0) is 52.4 Å². The monoisotopic (exact) mass is 340 g/mol. The molecular formula is C20H36O4. The molecule has 1 saturated carbocycles. The van der Waals surface area contributed by atoms with Crippen LogP contribution >= 0.6 is 0 Å². The summed E-state index contributed by atoms with van der Waals surface area (Å²) in [6.45, 7) is 10.6. The Balaban J connectivity index is 2.28. The lowest BCUT2D eigenvalue weighted by atomic mass is 9.81. The molecule has 1 aliphatic carbocycles. The van der Waals surface area contributed by atoms with Crippen molar-refractivity contribution in [2.75, 3.05) is 6.61 Å². The van der Waals surface area contributed by atoms with Crippen LogP contribution in [0, 0.1) is 17.8 Å². The van der Waals surface area contributed by atoms with Gasteiger partial charge in [-0.15, -0.1) is 0 Å². The highest BCUT2D eigenvalue weighted by Crippen LogP contribution is 2.31. The molecule has 4 nitrogen and oxygen atoms in total. The fraction of sp³-hybridized carbons (Fsp3) is 0.900. The van der Waals surface area contributed by atoms with E-state index in [0.717, 1.165) is 38.0 Å². The number of hydrogen-bond donors (Lipinski definition) is 0. The summed E-state index contributed by atoms with van der Waals surface area (Å²) < 4.78 is 10.9. The van der Waals surface area contributed by atoms with Gasteiger partial charge in [0.1, 0.15) is 5.60 Å². The van der Waals surface area contributed by atoms with Crippen LogP contribution < -0.4 is 0 Å². The van der Waals surface area contributed by atoms with Crippen molar-refractivity contribution in [3.63, 3.8) is 0 Å². The lowest BCUT2D eigenvalue weighted by molar-refractivity contribution is -0.163. The third kappa shape index (κ3) is 8.70. The predicted octanol–water partition coefficient (Wildman–Crippen LogP) is 4.89. The summed E-state index contributed by atoms with van der Waals surface area (Å²) in [5, 5.41) is 0. The van der Waals surface area contributed by atoms with Gasteiger partial charge in [-0.2, -0.15) is 0 Å². The molecule has 0 aromatic heterocycles. The lowest BCUT2D eigenvalue weighted by Gasteiger charge is -2.29. The van der Waals surface area contributed by atoms with Crippen molar-refractivity contribution in [1.29, 1.82) is 0 Å². The number of ether oxygens (including phenoxy) is 2.